The highest BCUT2D eigenvalue weighted by Crippen LogP contribution is 2.16. The maximum absolute atomic E-state index is 12.1. The van der Waals surface area contributed by atoms with E-state index in [1.807, 2.05) is 0 Å². The predicted octanol–water partition coefficient (Wildman–Crippen LogP) is 1.59. The van der Waals surface area contributed by atoms with Gasteiger partial charge < -0.3 is 0 Å². The highest BCUT2D eigenvalue weighted by Gasteiger charge is 2.10. The lowest BCUT2D eigenvalue weighted by Crippen LogP contribution is -1.97. The van der Waals surface area contributed by atoms with Crippen molar-refractivity contribution in [2.45, 2.75) is 13.3 Å². The van der Waals surface area contributed by atoms with Crippen LogP contribution in [0, 0.1) is 18.3 Å². The summed E-state index contributed by atoms with van der Waals surface area (Å²) in [4.78, 5) is 7.10. The molecular formula is C7H5F2N3. The molecule has 0 unspecified atom stereocenters. The molecule has 0 radical (unpaired) electrons. The Morgan fingerprint density at radius 3 is 2.67 bits per heavy atom. The van der Waals surface area contributed by atoms with Crippen LogP contribution in [0.4, 0.5) is 8.78 Å². The molecule has 1 heterocycles. The number of halogens is 2. The van der Waals surface area contributed by atoms with Crippen LogP contribution < -0.4 is 0 Å². The Labute approximate surface area is 67.7 Å². The van der Waals surface area contributed by atoms with Crippen molar-refractivity contribution in [3.8, 4) is 6.07 Å². The second-order valence-corrected chi connectivity index (χ2v) is 2.14. The largest absolute Gasteiger partial charge is 0.280 e. The minimum absolute atomic E-state index is 0.0298. The standard InChI is InChI=1S/C7H5F2N3/c1-4-11-5(3-10)2-6(12-4)7(8)9/h2,7H,1H3. The van der Waals surface area contributed by atoms with Gasteiger partial charge in [-0.05, 0) is 6.92 Å². The van der Waals surface area contributed by atoms with Crippen LogP contribution in [0.5, 0.6) is 0 Å². The Morgan fingerprint density at radius 2 is 2.17 bits per heavy atom. The van der Waals surface area contributed by atoms with E-state index in [9.17, 15) is 8.78 Å². The number of hydrogen-bond acceptors (Lipinski definition) is 3. The van der Waals surface area contributed by atoms with Crippen molar-refractivity contribution < 1.29 is 8.78 Å². The molecule has 5 heteroatoms. The van der Waals surface area contributed by atoms with E-state index in [4.69, 9.17) is 5.26 Å². The van der Waals surface area contributed by atoms with E-state index in [0.29, 0.717) is 0 Å². The van der Waals surface area contributed by atoms with Gasteiger partial charge in [0.2, 0.25) is 0 Å². The normalized spacial score (nSPS) is 9.92. The summed E-state index contributed by atoms with van der Waals surface area (Å²) < 4.78 is 24.1. The van der Waals surface area contributed by atoms with Gasteiger partial charge in [0.1, 0.15) is 23.3 Å². The smallest absolute Gasteiger partial charge is 0.232 e. The van der Waals surface area contributed by atoms with E-state index in [0.717, 1.165) is 6.07 Å². The molecule has 0 N–H and O–H groups in total. The number of hydrogen-bond donors (Lipinski definition) is 0. The Morgan fingerprint density at radius 1 is 1.50 bits per heavy atom. The molecule has 0 fully saturated rings. The van der Waals surface area contributed by atoms with Crippen molar-refractivity contribution in [3.05, 3.63) is 23.3 Å². The van der Waals surface area contributed by atoms with E-state index in [1.165, 1.54) is 6.92 Å². The topological polar surface area (TPSA) is 49.6 Å². The molecule has 1 rings (SSSR count). The highest BCUT2D eigenvalue weighted by molar-refractivity contribution is 5.23. The van der Waals surface area contributed by atoms with Crippen molar-refractivity contribution in [1.82, 2.24) is 9.97 Å². The summed E-state index contributed by atoms with van der Waals surface area (Å²) in [7, 11) is 0. The van der Waals surface area contributed by atoms with Gasteiger partial charge in [0.25, 0.3) is 6.43 Å². The first kappa shape index (κ1) is 8.53. The molecule has 0 aromatic carbocycles. The minimum Gasteiger partial charge on any atom is -0.232 e. The van der Waals surface area contributed by atoms with Crippen molar-refractivity contribution >= 4 is 0 Å². The maximum Gasteiger partial charge on any atom is 0.280 e. The van der Waals surface area contributed by atoms with Crippen LogP contribution in [0.25, 0.3) is 0 Å². The molecule has 1 aromatic rings. The van der Waals surface area contributed by atoms with Gasteiger partial charge in [-0.3, -0.25) is 0 Å². The SMILES string of the molecule is Cc1nc(C#N)cc(C(F)F)n1. The van der Waals surface area contributed by atoms with Crippen LogP contribution in [0.15, 0.2) is 6.07 Å². The van der Waals surface area contributed by atoms with Gasteiger partial charge in [0.05, 0.1) is 0 Å². The molecule has 12 heavy (non-hydrogen) atoms. The maximum atomic E-state index is 12.1. The first-order valence-corrected chi connectivity index (χ1v) is 3.17. The van der Waals surface area contributed by atoms with E-state index < -0.39 is 12.1 Å². The summed E-state index contributed by atoms with van der Waals surface area (Å²) in [5, 5.41) is 8.38. The highest BCUT2D eigenvalue weighted by atomic mass is 19.3. The average molecular weight is 169 g/mol. The molecule has 62 valence electrons. The first-order valence-electron chi connectivity index (χ1n) is 3.17. The number of aromatic nitrogens is 2. The average Bonchev–Trinajstić information content (AvgIpc) is 2.03. The molecule has 0 aliphatic carbocycles. The molecule has 0 spiro atoms. The van der Waals surface area contributed by atoms with Crippen molar-refractivity contribution in [3.63, 3.8) is 0 Å². The molecule has 0 saturated heterocycles. The molecule has 0 aliphatic heterocycles. The third-order valence-electron chi connectivity index (χ3n) is 1.20. The van der Waals surface area contributed by atoms with Crippen molar-refractivity contribution in [2.75, 3.05) is 0 Å². The van der Waals surface area contributed by atoms with E-state index in [2.05, 4.69) is 9.97 Å². The Kier molecular flexibility index (Phi) is 2.29. The summed E-state index contributed by atoms with van der Waals surface area (Å²) in [6.45, 7) is 1.46. The number of nitrogens with zero attached hydrogens (tertiary/aromatic N) is 3. The van der Waals surface area contributed by atoms with Crippen LogP contribution in [0.2, 0.25) is 0 Å². The summed E-state index contributed by atoms with van der Waals surface area (Å²) in [6.07, 6.45) is -2.65. The number of rotatable bonds is 1. The third kappa shape index (κ3) is 1.72. The zero-order valence-corrected chi connectivity index (χ0v) is 6.25. The van der Waals surface area contributed by atoms with Gasteiger partial charge in [-0.15, -0.1) is 0 Å². The monoisotopic (exact) mass is 169 g/mol. The van der Waals surface area contributed by atoms with Crippen LogP contribution in [-0.2, 0) is 0 Å². The summed E-state index contributed by atoms with van der Waals surface area (Å²) in [6, 6.07) is 2.66. The second-order valence-electron chi connectivity index (χ2n) is 2.14. The Balaban J connectivity index is 3.17. The molecule has 3 nitrogen and oxygen atoms in total. The third-order valence-corrected chi connectivity index (χ3v) is 1.20. The lowest BCUT2D eigenvalue weighted by molar-refractivity contribution is 0.145. The van der Waals surface area contributed by atoms with Gasteiger partial charge >= 0.3 is 0 Å². The Bertz CT molecular complexity index is 330. The zero-order valence-electron chi connectivity index (χ0n) is 6.25. The molecule has 0 atom stereocenters. The van der Waals surface area contributed by atoms with Gasteiger partial charge in [-0.2, -0.15) is 5.26 Å². The van der Waals surface area contributed by atoms with E-state index in [1.54, 1.807) is 6.07 Å². The minimum atomic E-state index is -2.65. The molecule has 0 aliphatic rings. The summed E-state index contributed by atoms with van der Waals surface area (Å²) >= 11 is 0. The van der Waals surface area contributed by atoms with Crippen molar-refractivity contribution in [2.24, 2.45) is 0 Å². The van der Waals surface area contributed by atoms with Crippen molar-refractivity contribution in [1.29, 1.82) is 5.26 Å². The summed E-state index contributed by atoms with van der Waals surface area (Å²) in [5.74, 6) is 0.185. The number of alkyl halides is 2. The van der Waals surface area contributed by atoms with Crippen LogP contribution in [0.3, 0.4) is 0 Å². The zero-order chi connectivity index (χ0) is 9.14. The fourth-order valence-corrected chi connectivity index (χ4v) is 0.760. The lowest BCUT2D eigenvalue weighted by atomic mass is 10.3. The fraction of sp³-hybridized carbons (Fsp3) is 0.286. The Hall–Kier alpha value is -1.57. The second kappa shape index (κ2) is 3.22. The predicted molar refractivity (Wildman–Crippen MR) is 36.4 cm³/mol. The first-order chi connectivity index (χ1) is 5.63. The number of nitriles is 1. The number of aryl methyl sites for hydroxylation is 1. The van der Waals surface area contributed by atoms with Gasteiger partial charge in [-0.25, -0.2) is 18.7 Å². The van der Waals surface area contributed by atoms with E-state index in [-0.39, 0.29) is 11.5 Å². The van der Waals surface area contributed by atoms with E-state index >= 15 is 0 Å². The van der Waals surface area contributed by atoms with Gasteiger partial charge in [0.15, 0.2) is 0 Å². The summed E-state index contributed by atoms with van der Waals surface area (Å²) in [5.41, 5.74) is -0.433. The van der Waals surface area contributed by atoms with Gasteiger partial charge in [-0.1, -0.05) is 0 Å². The quantitative estimate of drug-likeness (QED) is 0.641. The van der Waals surface area contributed by atoms with Gasteiger partial charge in [0, 0.05) is 6.07 Å². The lowest BCUT2D eigenvalue weighted by Gasteiger charge is -1.99. The molecule has 0 amide bonds. The van der Waals surface area contributed by atoms with Crippen LogP contribution >= 0.6 is 0 Å². The molecule has 0 saturated carbocycles. The molecule has 0 bridgehead atoms. The molecule has 1 aromatic heterocycles. The fourth-order valence-electron chi connectivity index (χ4n) is 0.760. The molecular weight excluding hydrogens is 164 g/mol. The van der Waals surface area contributed by atoms with Crippen LogP contribution in [0.1, 0.15) is 23.6 Å². The van der Waals surface area contributed by atoms with Crippen LogP contribution in [-0.4, -0.2) is 9.97 Å².